The summed E-state index contributed by atoms with van der Waals surface area (Å²) in [6.07, 6.45) is 0.746. The van der Waals surface area contributed by atoms with Gasteiger partial charge >= 0.3 is 0 Å². The van der Waals surface area contributed by atoms with E-state index in [0.29, 0.717) is 5.56 Å². The summed E-state index contributed by atoms with van der Waals surface area (Å²) in [5.74, 6) is -0.0134. The average molecular weight is 314 g/mol. The van der Waals surface area contributed by atoms with Gasteiger partial charge in [0.05, 0.1) is 5.25 Å². The van der Waals surface area contributed by atoms with Gasteiger partial charge in [-0.1, -0.05) is 18.2 Å². The molecule has 1 aliphatic rings. The molecule has 2 N–H and O–H groups in total. The van der Waals surface area contributed by atoms with E-state index in [1.807, 2.05) is 38.1 Å². The number of thioether (sulfide) groups is 1. The molecule has 1 aromatic heterocycles. The van der Waals surface area contributed by atoms with E-state index in [-0.39, 0.29) is 23.3 Å². The summed E-state index contributed by atoms with van der Waals surface area (Å²) >= 11 is 1.59. The van der Waals surface area contributed by atoms with Crippen LogP contribution in [0.1, 0.15) is 22.4 Å². The SMILES string of the molecule is Cc1cc(C)c(CNC(=O)[C@@H]2Cc3ccccc3S2)c(=O)[nH]1. The lowest BCUT2D eigenvalue weighted by molar-refractivity contribution is -0.120. The molecule has 22 heavy (non-hydrogen) atoms. The highest BCUT2D eigenvalue weighted by atomic mass is 32.2. The highest BCUT2D eigenvalue weighted by molar-refractivity contribution is 8.01. The van der Waals surface area contributed by atoms with E-state index >= 15 is 0 Å². The quantitative estimate of drug-likeness (QED) is 0.914. The smallest absolute Gasteiger partial charge is 0.253 e. The maximum atomic E-state index is 12.3. The first kappa shape index (κ1) is 14.9. The Hall–Kier alpha value is -2.01. The molecule has 0 spiro atoms. The van der Waals surface area contributed by atoms with E-state index in [1.165, 1.54) is 10.5 Å². The van der Waals surface area contributed by atoms with Crippen LogP contribution in [0.4, 0.5) is 0 Å². The lowest BCUT2D eigenvalue weighted by Crippen LogP contribution is -2.34. The van der Waals surface area contributed by atoms with Gasteiger partial charge < -0.3 is 10.3 Å². The van der Waals surface area contributed by atoms with Gasteiger partial charge in [-0.25, -0.2) is 0 Å². The highest BCUT2D eigenvalue weighted by Gasteiger charge is 2.27. The number of hydrogen-bond acceptors (Lipinski definition) is 3. The number of aromatic amines is 1. The second-order valence-electron chi connectivity index (χ2n) is 5.58. The van der Waals surface area contributed by atoms with Crippen LogP contribution in [0.25, 0.3) is 0 Å². The van der Waals surface area contributed by atoms with Gasteiger partial charge in [0.1, 0.15) is 0 Å². The molecular formula is C17H18N2O2S. The van der Waals surface area contributed by atoms with Crippen molar-refractivity contribution < 1.29 is 4.79 Å². The first-order valence-electron chi connectivity index (χ1n) is 7.26. The Morgan fingerprint density at radius 1 is 1.36 bits per heavy atom. The average Bonchev–Trinajstić information content (AvgIpc) is 2.89. The fourth-order valence-electron chi connectivity index (χ4n) is 2.72. The number of aromatic nitrogens is 1. The lowest BCUT2D eigenvalue weighted by atomic mass is 10.1. The molecular weight excluding hydrogens is 296 g/mol. The van der Waals surface area contributed by atoms with Crippen LogP contribution in [0.15, 0.2) is 40.0 Å². The summed E-state index contributed by atoms with van der Waals surface area (Å²) in [7, 11) is 0. The molecule has 0 fully saturated rings. The molecule has 0 unspecified atom stereocenters. The number of hydrogen-bond donors (Lipinski definition) is 2. The van der Waals surface area contributed by atoms with Crippen LogP contribution in [0.5, 0.6) is 0 Å². The van der Waals surface area contributed by atoms with Gasteiger partial charge in [-0.15, -0.1) is 11.8 Å². The minimum atomic E-state index is -0.125. The summed E-state index contributed by atoms with van der Waals surface area (Å²) in [6.45, 7) is 4.01. The van der Waals surface area contributed by atoms with Crippen LogP contribution in [0.2, 0.25) is 0 Å². The number of carbonyl (C=O) groups excluding carboxylic acids is 1. The van der Waals surface area contributed by atoms with E-state index in [2.05, 4.69) is 16.4 Å². The van der Waals surface area contributed by atoms with Gasteiger partial charge in [-0.3, -0.25) is 9.59 Å². The maximum Gasteiger partial charge on any atom is 0.253 e. The maximum absolute atomic E-state index is 12.3. The molecule has 114 valence electrons. The first-order valence-corrected chi connectivity index (χ1v) is 8.14. The number of pyridine rings is 1. The molecule has 5 heteroatoms. The van der Waals surface area contributed by atoms with Crippen molar-refractivity contribution in [3.8, 4) is 0 Å². The number of fused-ring (bicyclic) bond motifs is 1. The Morgan fingerprint density at radius 2 is 2.14 bits per heavy atom. The molecule has 1 aromatic carbocycles. The van der Waals surface area contributed by atoms with Crippen molar-refractivity contribution in [1.82, 2.24) is 10.3 Å². The van der Waals surface area contributed by atoms with Crippen molar-refractivity contribution in [3.05, 3.63) is 63.1 Å². The fraction of sp³-hybridized carbons (Fsp3) is 0.294. The van der Waals surface area contributed by atoms with Crippen LogP contribution in [-0.4, -0.2) is 16.1 Å². The first-order chi connectivity index (χ1) is 10.5. The second-order valence-corrected chi connectivity index (χ2v) is 6.82. The Morgan fingerprint density at radius 3 is 2.86 bits per heavy atom. The molecule has 0 radical (unpaired) electrons. The predicted octanol–water partition coefficient (Wildman–Crippen LogP) is 2.32. The van der Waals surface area contributed by atoms with E-state index in [9.17, 15) is 9.59 Å². The Balaban J connectivity index is 1.66. The van der Waals surface area contributed by atoms with Gasteiger partial charge in [0, 0.05) is 22.7 Å². The van der Waals surface area contributed by atoms with Crippen LogP contribution in [0, 0.1) is 13.8 Å². The topological polar surface area (TPSA) is 62.0 Å². The zero-order valence-electron chi connectivity index (χ0n) is 12.6. The standard InChI is InChI=1S/C17H18N2O2S/c1-10-7-11(2)19-16(20)13(10)9-18-17(21)15-8-12-5-3-4-6-14(12)22-15/h3-7,15H,8-9H2,1-2H3,(H,18,21)(H,19,20)/t15-/m0/s1. The molecule has 4 nitrogen and oxygen atoms in total. The fourth-order valence-corrected chi connectivity index (χ4v) is 3.94. The molecule has 0 saturated heterocycles. The zero-order valence-corrected chi connectivity index (χ0v) is 13.4. The number of rotatable bonds is 3. The molecule has 0 aliphatic carbocycles. The summed E-state index contributed by atoms with van der Waals surface area (Å²) in [5.41, 5.74) is 3.46. The van der Waals surface area contributed by atoms with Crippen molar-refractivity contribution >= 4 is 17.7 Å². The largest absolute Gasteiger partial charge is 0.351 e. The third-order valence-corrected chi connectivity index (χ3v) is 5.19. The molecule has 1 aliphatic heterocycles. The van der Waals surface area contributed by atoms with Crippen LogP contribution in [-0.2, 0) is 17.8 Å². The third-order valence-electron chi connectivity index (χ3n) is 3.87. The van der Waals surface area contributed by atoms with Crippen molar-refractivity contribution in [2.75, 3.05) is 0 Å². The molecule has 3 rings (SSSR count). The van der Waals surface area contributed by atoms with Crippen molar-refractivity contribution in [3.63, 3.8) is 0 Å². The Bertz CT molecular complexity index is 757. The number of amides is 1. The summed E-state index contributed by atoms with van der Waals surface area (Å²) < 4.78 is 0. The van der Waals surface area contributed by atoms with Gasteiger partial charge in [0.2, 0.25) is 5.91 Å². The minimum Gasteiger partial charge on any atom is -0.351 e. The number of benzene rings is 1. The summed E-state index contributed by atoms with van der Waals surface area (Å²) in [5, 5.41) is 2.79. The summed E-state index contributed by atoms with van der Waals surface area (Å²) in [4.78, 5) is 28.2. The predicted molar refractivity (Wildman–Crippen MR) is 88.2 cm³/mol. The van der Waals surface area contributed by atoms with Crippen LogP contribution < -0.4 is 10.9 Å². The van der Waals surface area contributed by atoms with Crippen molar-refractivity contribution in [2.24, 2.45) is 0 Å². The van der Waals surface area contributed by atoms with Crippen LogP contribution >= 0.6 is 11.8 Å². The zero-order chi connectivity index (χ0) is 15.7. The van der Waals surface area contributed by atoms with E-state index in [0.717, 1.165) is 17.7 Å². The number of nitrogens with one attached hydrogen (secondary N) is 2. The van der Waals surface area contributed by atoms with Crippen LogP contribution in [0.3, 0.4) is 0 Å². The summed E-state index contributed by atoms with van der Waals surface area (Å²) in [6, 6.07) is 10.0. The molecule has 1 amide bonds. The molecule has 0 bridgehead atoms. The van der Waals surface area contributed by atoms with Gasteiger partial charge in [0.25, 0.3) is 5.56 Å². The molecule has 0 saturated carbocycles. The minimum absolute atomic E-state index is 0.0134. The molecule has 2 aromatic rings. The molecule has 1 atom stereocenters. The Labute approximate surface area is 133 Å². The monoisotopic (exact) mass is 314 g/mol. The number of H-pyrrole nitrogens is 1. The van der Waals surface area contributed by atoms with Gasteiger partial charge in [-0.05, 0) is 43.5 Å². The highest BCUT2D eigenvalue weighted by Crippen LogP contribution is 2.36. The van der Waals surface area contributed by atoms with Gasteiger partial charge in [0.15, 0.2) is 0 Å². The van der Waals surface area contributed by atoms with Crippen molar-refractivity contribution in [1.29, 1.82) is 0 Å². The van der Waals surface area contributed by atoms with Crippen molar-refractivity contribution in [2.45, 2.75) is 37.0 Å². The van der Waals surface area contributed by atoms with E-state index < -0.39 is 0 Å². The Kier molecular flexibility index (Phi) is 4.07. The second kappa shape index (κ2) is 6.01. The lowest BCUT2D eigenvalue weighted by Gasteiger charge is -2.11. The third kappa shape index (κ3) is 2.95. The number of aryl methyl sites for hydroxylation is 2. The molecule has 2 heterocycles. The van der Waals surface area contributed by atoms with E-state index in [4.69, 9.17) is 0 Å². The van der Waals surface area contributed by atoms with E-state index in [1.54, 1.807) is 11.8 Å². The normalized spacial score (nSPS) is 16.4. The number of carbonyl (C=O) groups is 1. The van der Waals surface area contributed by atoms with Gasteiger partial charge in [-0.2, -0.15) is 0 Å².